The van der Waals surface area contributed by atoms with E-state index in [1.165, 1.54) is 0 Å². The molecule has 0 aliphatic heterocycles. The van der Waals surface area contributed by atoms with E-state index in [4.69, 9.17) is 5.73 Å². The van der Waals surface area contributed by atoms with Crippen molar-refractivity contribution in [3.8, 4) is 0 Å². The third kappa shape index (κ3) is 3.03. The Labute approximate surface area is 129 Å². The van der Waals surface area contributed by atoms with Crippen LogP contribution in [-0.4, -0.2) is 21.9 Å². The van der Waals surface area contributed by atoms with Gasteiger partial charge in [-0.15, -0.1) is 0 Å². The molecule has 0 unspecified atom stereocenters. The number of nitrogens with two attached hydrogens (primary N) is 1. The summed E-state index contributed by atoms with van der Waals surface area (Å²) in [5.74, 6) is 0.0255. The van der Waals surface area contributed by atoms with Crippen LogP contribution in [0.4, 0.5) is 5.69 Å². The Morgan fingerprint density at radius 3 is 2.48 bits per heavy atom. The molecule has 112 valence electrons. The molecule has 7 heteroatoms. The first kappa shape index (κ1) is 14.3. The van der Waals surface area contributed by atoms with Gasteiger partial charge >= 0.3 is 5.69 Å². The summed E-state index contributed by atoms with van der Waals surface area (Å²) in [4.78, 5) is 29.0. The van der Waals surface area contributed by atoms with Crippen LogP contribution in [0.15, 0.2) is 21.4 Å². The largest absolute Gasteiger partial charge is 0.328 e. The number of amides is 1. The fourth-order valence-electron chi connectivity index (χ4n) is 2.77. The molecular formula is C14H17BrN4O2. The molecule has 1 heterocycles. The van der Waals surface area contributed by atoms with Gasteiger partial charge in [0.2, 0.25) is 5.91 Å². The van der Waals surface area contributed by atoms with E-state index in [0.29, 0.717) is 16.7 Å². The summed E-state index contributed by atoms with van der Waals surface area (Å²) < 4.78 is 0.742. The van der Waals surface area contributed by atoms with Crippen molar-refractivity contribution in [1.82, 2.24) is 9.97 Å². The highest BCUT2D eigenvalue weighted by Crippen LogP contribution is 2.29. The molecule has 0 radical (unpaired) electrons. The molecule has 1 amide bonds. The minimum atomic E-state index is -0.262. The molecule has 1 aromatic carbocycles. The number of aromatic nitrogens is 2. The molecule has 1 aliphatic carbocycles. The van der Waals surface area contributed by atoms with Gasteiger partial charge < -0.3 is 21.0 Å². The Kier molecular flexibility index (Phi) is 3.86. The minimum absolute atomic E-state index is 0.0117. The number of benzene rings is 1. The lowest BCUT2D eigenvalue weighted by Gasteiger charge is -2.25. The van der Waals surface area contributed by atoms with Crippen LogP contribution < -0.4 is 16.7 Å². The fourth-order valence-corrected chi connectivity index (χ4v) is 3.21. The van der Waals surface area contributed by atoms with Gasteiger partial charge in [-0.25, -0.2) is 4.79 Å². The van der Waals surface area contributed by atoms with Gasteiger partial charge in [0.15, 0.2) is 0 Å². The van der Waals surface area contributed by atoms with E-state index in [1.54, 1.807) is 12.1 Å². The van der Waals surface area contributed by atoms with Crippen molar-refractivity contribution in [3.63, 3.8) is 0 Å². The highest BCUT2D eigenvalue weighted by molar-refractivity contribution is 9.10. The van der Waals surface area contributed by atoms with Crippen LogP contribution in [0.1, 0.15) is 25.7 Å². The lowest BCUT2D eigenvalue weighted by molar-refractivity contribution is -0.120. The number of aromatic amines is 2. The summed E-state index contributed by atoms with van der Waals surface area (Å²) in [7, 11) is 0. The van der Waals surface area contributed by atoms with E-state index in [-0.39, 0.29) is 23.6 Å². The molecule has 0 saturated heterocycles. The predicted molar refractivity (Wildman–Crippen MR) is 85.2 cm³/mol. The van der Waals surface area contributed by atoms with E-state index < -0.39 is 0 Å². The second kappa shape index (κ2) is 5.65. The topological polar surface area (TPSA) is 104 Å². The van der Waals surface area contributed by atoms with Gasteiger partial charge in [-0.1, -0.05) is 0 Å². The van der Waals surface area contributed by atoms with Crippen molar-refractivity contribution >= 4 is 38.6 Å². The number of hydrogen-bond acceptors (Lipinski definition) is 3. The van der Waals surface area contributed by atoms with Crippen molar-refractivity contribution in [2.24, 2.45) is 11.7 Å². The smallest absolute Gasteiger partial charge is 0.323 e. The Bertz CT molecular complexity index is 728. The number of nitrogens with one attached hydrogen (secondary N) is 3. The first-order chi connectivity index (χ1) is 10.0. The Balaban J connectivity index is 1.79. The third-order valence-corrected chi connectivity index (χ3v) is 4.66. The number of fused-ring (bicyclic) bond motifs is 1. The molecule has 1 aromatic heterocycles. The zero-order valence-electron chi connectivity index (χ0n) is 11.4. The van der Waals surface area contributed by atoms with Crippen molar-refractivity contribution in [3.05, 3.63) is 27.1 Å². The summed E-state index contributed by atoms with van der Waals surface area (Å²) in [6, 6.07) is 3.76. The van der Waals surface area contributed by atoms with Crippen LogP contribution in [0.5, 0.6) is 0 Å². The molecule has 1 saturated carbocycles. The molecule has 5 N–H and O–H groups in total. The van der Waals surface area contributed by atoms with Crippen LogP contribution in [0.3, 0.4) is 0 Å². The normalized spacial score (nSPS) is 22.4. The van der Waals surface area contributed by atoms with Crippen LogP contribution in [0.2, 0.25) is 0 Å². The zero-order valence-corrected chi connectivity index (χ0v) is 13.0. The minimum Gasteiger partial charge on any atom is -0.328 e. The summed E-state index contributed by atoms with van der Waals surface area (Å²) >= 11 is 3.42. The van der Waals surface area contributed by atoms with Gasteiger partial charge in [-0.05, 0) is 53.7 Å². The Morgan fingerprint density at radius 2 is 1.81 bits per heavy atom. The summed E-state index contributed by atoms with van der Waals surface area (Å²) in [5.41, 5.74) is 7.64. The molecule has 0 spiro atoms. The van der Waals surface area contributed by atoms with Crippen LogP contribution in [0.25, 0.3) is 11.0 Å². The lowest BCUT2D eigenvalue weighted by atomic mass is 9.86. The molecule has 1 aliphatic rings. The van der Waals surface area contributed by atoms with Crippen molar-refractivity contribution in [2.45, 2.75) is 31.7 Å². The highest BCUT2D eigenvalue weighted by atomic mass is 79.9. The second-order valence-corrected chi connectivity index (χ2v) is 6.41. The van der Waals surface area contributed by atoms with E-state index >= 15 is 0 Å². The maximum absolute atomic E-state index is 12.3. The maximum atomic E-state index is 12.3. The maximum Gasteiger partial charge on any atom is 0.323 e. The van der Waals surface area contributed by atoms with E-state index in [9.17, 15) is 9.59 Å². The fraction of sp³-hybridized carbons (Fsp3) is 0.429. The molecule has 1 fully saturated rings. The number of carbonyl (C=O) groups excluding carboxylic acids is 1. The number of rotatable bonds is 2. The highest BCUT2D eigenvalue weighted by Gasteiger charge is 2.25. The number of carbonyl (C=O) groups is 1. The number of halogens is 1. The molecule has 0 bridgehead atoms. The summed E-state index contributed by atoms with van der Waals surface area (Å²) in [6.07, 6.45) is 3.44. The molecule has 2 aromatic rings. The SMILES string of the molecule is NC1CCC(C(=O)Nc2cc3[nH]c(=O)[nH]c3cc2Br)CC1. The van der Waals surface area contributed by atoms with Crippen molar-refractivity contribution < 1.29 is 4.79 Å². The van der Waals surface area contributed by atoms with Gasteiger partial charge in [0.05, 0.1) is 16.7 Å². The first-order valence-electron chi connectivity index (χ1n) is 7.01. The summed E-state index contributed by atoms with van der Waals surface area (Å²) in [6.45, 7) is 0. The monoisotopic (exact) mass is 352 g/mol. The van der Waals surface area contributed by atoms with Gasteiger partial charge in [0, 0.05) is 16.4 Å². The number of anilines is 1. The van der Waals surface area contributed by atoms with Crippen LogP contribution >= 0.6 is 15.9 Å². The van der Waals surface area contributed by atoms with Crippen LogP contribution in [-0.2, 0) is 4.79 Å². The average Bonchev–Trinajstić information content (AvgIpc) is 2.79. The van der Waals surface area contributed by atoms with Crippen molar-refractivity contribution in [2.75, 3.05) is 5.32 Å². The Morgan fingerprint density at radius 1 is 1.19 bits per heavy atom. The number of hydrogen-bond donors (Lipinski definition) is 4. The van der Waals surface area contributed by atoms with E-state index in [1.807, 2.05) is 0 Å². The summed E-state index contributed by atoms with van der Waals surface area (Å²) in [5, 5.41) is 2.93. The molecule has 3 rings (SSSR count). The van der Waals surface area contributed by atoms with Gasteiger partial charge in [-0.2, -0.15) is 0 Å². The molecular weight excluding hydrogens is 336 g/mol. The standard InChI is InChI=1S/C14H17BrN4O2/c15-9-5-11-12(19-14(21)18-11)6-10(9)17-13(20)7-1-3-8(16)4-2-7/h5-8H,1-4,16H2,(H,17,20)(H2,18,19,21). The third-order valence-electron chi connectivity index (χ3n) is 4.00. The van der Waals surface area contributed by atoms with Gasteiger partial charge in [-0.3, -0.25) is 4.79 Å². The first-order valence-corrected chi connectivity index (χ1v) is 7.80. The zero-order chi connectivity index (χ0) is 15.0. The average molecular weight is 353 g/mol. The van der Waals surface area contributed by atoms with Gasteiger partial charge in [0.25, 0.3) is 0 Å². The molecule has 6 nitrogen and oxygen atoms in total. The van der Waals surface area contributed by atoms with Crippen LogP contribution in [0, 0.1) is 5.92 Å². The molecule has 0 atom stereocenters. The number of H-pyrrole nitrogens is 2. The van der Waals surface area contributed by atoms with Gasteiger partial charge in [0.1, 0.15) is 0 Å². The second-order valence-electron chi connectivity index (χ2n) is 5.56. The Hall–Kier alpha value is -1.60. The molecule has 21 heavy (non-hydrogen) atoms. The predicted octanol–water partition coefficient (Wildman–Crippen LogP) is 2.07. The lowest BCUT2D eigenvalue weighted by Crippen LogP contribution is -2.32. The number of imidazole rings is 1. The van der Waals surface area contributed by atoms with Crippen molar-refractivity contribution in [1.29, 1.82) is 0 Å². The van der Waals surface area contributed by atoms with E-state index in [2.05, 4.69) is 31.2 Å². The quantitative estimate of drug-likeness (QED) is 0.664. The van der Waals surface area contributed by atoms with E-state index in [0.717, 1.165) is 30.2 Å².